The molecule has 0 saturated heterocycles. The molecule has 0 bridgehead atoms. The molecule has 0 aromatic heterocycles. The molecule has 3 heteroatoms. The molecule has 24 heavy (non-hydrogen) atoms. The number of nitrogens with two attached hydrogens (primary N) is 1. The molecule has 1 saturated carbocycles. The molecule has 0 atom stereocenters. The van der Waals surface area contributed by atoms with E-state index in [4.69, 9.17) is 5.73 Å². The summed E-state index contributed by atoms with van der Waals surface area (Å²) in [5.74, 6) is 3.26. The van der Waals surface area contributed by atoms with Crippen molar-refractivity contribution in [2.24, 2.45) is 5.73 Å². The first kappa shape index (κ1) is 18.8. The van der Waals surface area contributed by atoms with Crippen LogP contribution in [-0.2, 0) is 10.2 Å². The number of hydrogen-bond donors (Lipinski definition) is 1. The van der Waals surface area contributed by atoms with Crippen LogP contribution in [0, 0.1) is 11.5 Å². The quantitative estimate of drug-likeness (QED) is 0.608. The van der Waals surface area contributed by atoms with Gasteiger partial charge in [0.2, 0.25) is 5.91 Å². The highest BCUT2D eigenvalue weighted by Crippen LogP contribution is 2.48. The molecule has 1 amide bonds. The maximum absolute atomic E-state index is 11.8. The van der Waals surface area contributed by atoms with Gasteiger partial charge in [-0.25, -0.2) is 0 Å². The first-order valence-electron chi connectivity index (χ1n) is 9.10. The Morgan fingerprint density at radius 3 is 2.04 bits per heavy atom. The Morgan fingerprint density at radius 1 is 1.08 bits per heavy atom. The second-order valence-electron chi connectivity index (χ2n) is 8.17. The fraction of sp³-hybridized carbons (Fsp3) is 0.571. The molecule has 0 radical (unpaired) electrons. The van der Waals surface area contributed by atoms with E-state index >= 15 is 0 Å². The zero-order valence-electron chi connectivity index (χ0n) is 15.9. The molecule has 0 aliphatic heterocycles. The third-order valence-electron chi connectivity index (χ3n) is 5.93. The van der Waals surface area contributed by atoms with Crippen LogP contribution in [0.25, 0.3) is 0 Å². The summed E-state index contributed by atoms with van der Waals surface area (Å²) in [7, 11) is -1.73. The van der Waals surface area contributed by atoms with E-state index in [1.807, 2.05) is 18.2 Å². The van der Waals surface area contributed by atoms with Gasteiger partial charge in [-0.1, -0.05) is 59.6 Å². The normalized spacial score (nSPS) is 16.2. The molecule has 130 valence electrons. The van der Waals surface area contributed by atoms with Crippen molar-refractivity contribution in [2.75, 3.05) is 0 Å². The molecule has 0 heterocycles. The molecule has 1 aliphatic rings. The third-order valence-corrected chi connectivity index (χ3v) is 12.2. The number of carbonyl (C=O) groups is 1. The van der Waals surface area contributed by atoms with Gasteiger partial charge in [0.05, 0.1) is 5.41 Å². The molecule has 2 nitrogen and oxygen atoms in total. The van der Waals surface area contributed by atoms with E-state index in [1.165, 1.54) is 0 Å². The smallest absolute Gasteiger partial charge is 0.228 e. The minimum atomic E-state index is -1.73. The minimum absolute atomic E-state index is 0.206. The summed E-state index contributed by atoms with van der Waals surface area (Å²) in [6, 6.07) is 8.14. The Labute approximate surface area is 148 Å². The highest BCUT2D eigenvalue weighted by atomic mass is 28.3. The van der Waals surface area contributed by atoms with Crippen LogP contribution < -0.4 is 5.73 Å². The summed E-state index contributed by atoms with van der Waals surface area (Å²) in [6.45, 7) is 13.9. The summed E-state index contributed by atoms with van der Waals surface area (Å²) in [6.07, 6.45) is 1.73. The van der Waals surface area contributed by atoms with E-state index in [1.54, 1.807) is 0 Å². The van der Waals surface area contributed by atoms with Crippen LogP contribution in [0.2, 0.25) is 16.6 Å². The van der Waals surface area contributed by atoms with Gasteiger partial charge in [-0.2, -0.15) is 0 Å². The zero-order valence-corrected chi connectivity index (χ0v) is 16.9. The third kappa shape index (κ3) is 3.17. The Hall–Kier alpha value is -1.53. The SMILES string of the molecule is CC(C)[Si](C#Cc1cccc(C2(C(N)=O)CC2)c1)(C(C)C)C(C)C. The van der Waals surface area contributed by atoms with E-state index in [2.05, 4.69) is 59.1 Å². The number of hydrogen-bond acceptors (Lipinski definition) is 1. The van der Waals surface area contributed by atoms with Crippen LogP contribution in [0.1, 0.15) is 65.5 Å². The molecule has 2 N–H and O–H groups in total. The van der Waals surface area contributed by atoms with Crippen molar-refractivity contribution in [2.45, 2.75) is 76.4 Å². The summed E-state index contributed by atoms with van der Waals surface area (Å²) in [5, 5.41) is 0. The van der Waals surface area contributed by atoms with Gasteiger partial charge in [-0.05, 0) is 47.2 Å². The van der Waals surface area contributed by atoms with Crippen molar-refractivity contribution in [3.8, 4) is 11.5 Å². The lowest BCUT2D eigenvalue weighted by atomic mass is 9.94. The minimum Gasteiger partial charge on any atom is -0.369 e. The van der Waals surface area contributed by atoms with E-state index < -0.39 is 13.5 Å². The van der Waals surface area contributed by atoms with Gasteiger partial charge in [-0.3, -0.25) is 4.79 Å². The fourth-order valence-corrected chi connectivity index (χ4v) is 9.54. The second kappa shape index (κ2) is 6.76. The molecule has 2 rings (SSSR count). The van der Waals surface area contributed by atoms with Gasteiger partial charge in [0.1, 0.15) is 8.07 Å². The second-order valence-corrected chi connectivity index (χ2v) is 13.8. The fourth-order valence-electron chi connectivity index (χ4n) is 4.31. The van der Waals surface area contributed by atoms with E-state index in [0.717, 1.165) is 24.0 Å². The Bertz CT molecular complexity index is 653. The standard InChI is InChI=1S/C21H31NOSi/c1-15(2)24(16(3)4,17(5)6)13-10-18-8-7-9-19(14-18)21(11-12-21)20(22)23/h7-9,14-17H,11-12H2,1-6H3,(H2,22,23). The van der Waals surface area contributed by atoms with Crippen molar-refractivity contribution >= 4 is 14.0 Å². The number of rotatable bonds is 5. The average molecular weight is 342 g/mol. The predicted octanol–water partition coefficient (Wildman–Crippen LogP) is 4.77. The van der Waals surface area contributed by atoms with Crippen molar-refractivity contribution < 1.29 is 4.79 Å². The van der Waals surface area contributed by atoms with Gasteiger partial charge >= 0.3 is 0 Å². The van der Waals surface area contributed by atoms with Gasteiger partial charge in [0.25, 0.3) is 0 Å². The van der Waals surface area contributed by atoms with E-state index in [9.17, 15) is 4.79 Å². The number of benzene rings is 1. The summed E-state index contributed by atoms with van der Waals surface area (Å²) in [5.41, 5.74) is 12.8. The Balaban J connectivity index is 2.42. The van der Waals surface area contributed by atoms with Crippen LogP contribution in [0.5, 0.6) is 0 Å². The Kier molecular flexibility index (Phi) is 5.30. The lowest BCUT2D eigenvalue weighted by molar-refractivity contribution is -0.120. The molecule has 1 aromatic rings. The number of primary amides is 1. The van der Waals surface area contributed by atoms with E-state index in [-0.39, 0.29) is 5.91 Å². The largest absolute Gasteiger partial charge is 0.369 e. The molecule has 0 spiro atoms. The molecular formula is C21H31NOSi. The number of amides is 1. The Morgan fingerprint density at radius 2 is 1.62 bits per heavy atom. The summed E-state index contributed by atoms with van der Waals surface area (Å²) < 4.78 is 0. The predicted molar refractivity (Wildman–Crippen MR) is 104 cm³/mol. The highest BCUT2D eigenvalue weighted by molar-refractivity contribution is 6.90. The highest BCUT2D eigenvalue weighted by Gasteiger charge is 2.50. The monoisotopic (exact) mass is 341 g/mol. The number of carbonyl (C=O) groups excluding carboxylic acids is 1. The molecule has 1 aromatic carbocycles. The van der Waals surface area contributed by atoms with Crippen LogP contribution in [0.4, 0.5) is 0 Å². The van der Waals surface area contributed by atoms with Gasteiger partial charge < -0.3 is 5.73 Å². The first-order valence-corrected chi connectivity index (χ1v) is 11.3. The van der Waals surface area contributed by atoms with Crippen LogP contribution in [0.15, 0.2) is 24.3 Å². The van der Waals surface area contributed by atoms with Crippen LogP contribution in [0.3, 0.4) is 0 Å². The van der Waals surface area contributed by atoms with Crippen molar-refractivity contribution in [1.29, 1.82) is 0 Å². The molecule has 0 unspecified atom stereocenters. The topological polar surface area (TPSA) is 43.1 Å². The maximum atomic E-state index is 11.8. The van der Waals surface area contributed by atoms with Gasteiger partial charge in [-0.15, -0.1) is 5.54 Å². The van der Waals surface area contributed by atoms with Gasteiger partial charge in [0.15, 0.2) is 0 Å². The first-order chi connectivity index (χ1) is 11.2. The summed E-state index contributed by atoms with van der Waals surface area (Å²) >= 11 is 0. The van der Waals surface area contributed by atoms with Crippen LogP contribution >= 0.6 is 0 Å². The lowest BCUT2D eigenvalue weighted by Crippen LogP contribution is -2.43. The zero-order chi connectivity index (χ0) is 18.1. The van der Waals surface area contributed by atoms with Gasteiger partial charge in [0, 0.05) is 5.56 Å². The maximum Gasteiger partial charge on any atom is 0.228 e. The van der Waals surface area contributed by atoms with Crippen molar-refractivity contribution in [1.82, 2.24) is 0 Å². The molecule has 1 aliphatic carbocycles. The average Bonchev–Trinajstić information content (AvgIpc) is 3.28. The molecular weight excluding hydrogens is 310 g/mol. The molecule has 1 fully saturated rings. The van der Waals surface area contributed by atoms with Crippen molar-refractivity contribution in [3.63, 3.8) is 0 Å². The van der Waals surface area contributed by atoms with Crippen molar-refractivity contribution in [3.05, 3.63) is 35.4 Å². The van der Waals surface area contributed by atoms with E-state index in [0.29, 0.717) is 16.6 Å². The van der Waals surface area contributed by atoms with Crippen LogP contribution in [-0.4, -0.2) is 14.0 Å². The summed E-state index contributed by atoms with van der Waals surface area (Å²) in [4.78, 5) is 11.8. The lowest BCUT2D eigenvalue weighted by Gasteiger charge is -2.38.